The molecule has 0 saturated heterocycles. The molecule has 0 aliphatic carbocycles. The van der Waals surface area contributed by atoms with Crippen LogP contribution in [0, 0.1) is 0 Å². The van der Waals surface area contributed by atoms with E-state index in [1.54, 1.807) is 30.6 Å². The Morgan fingerprint density at radius 3 is 2.39 bits per heavy atom. The summed E-state index contributed by atoms with van der Waals surface area (Å²) >= 11 is 0. The number of esters is 1. The molecule has 1 heterocycles. The molecule has 1 aromatic carbocycles. The number of aromatic nitrogens is 1. The van der Waals surface area contributed by atoms with Gasteiger partial charge in [0.05, 0.1) is 5.56 Å². The zero-order chi connectivity index (χ0) is 12.8. The summed E-state index contributed by atoms with van der Waals surface area (Å²) in [5, 5.41) is 0. The molecule has 0 bridgehead atoms. The van der Waals surface area contributed by atoms with Crippen molar-refractivity contribution in [1.29, 1.82) is 0 Å². The van der Waals surface area contributed by atoms with Crippen molar-refractivity contribution >= 4 is 12.3 Å². The number of pyridine rings is 1. The molecule has 1 aromatic heterocycles. The molecular formula is C14H10NO3. The van der Waals surface area contributed by atoms with Crippen LogP contribution in [0.15, 0.2) is 54.9 Å². The second kappa shape index (κ2) is 5.72. The van der Waals surface area contributed by atoms with Gasteiger partial charge in [-0.1, -0.05) is 30.3 Å². The molecule has 0 aliphatic heterocycles. The van der Waals surface area contributed by atoms with Crippen LogP contribution in [0.5, 0.6) is 0 Å². The lowest BCUT2D eigenvalue weighted by atomic mass is 10.1. The largest absolute Gasteiger partial charge is 0.445 e. The minimum absolute atomic E-state index is 0.348. The van der Waals surface area contributed by atoms with E-state index in [9.17, 15) is 9.59 Å². The molecular weight excluding hydrogens is 230 g/mol. The van der Waals surface area contributed by atoms with E-state index in [-0.39, 0.29) is 0 Å². The number of rotatable bonds is 4. The Morgan fingerprint density at radius 2 is 1.78 bits per heavy atom. The Bertz CT molecular complexity index is 525. The average molecular weight is 240 g/mol. The zero-order valence-electron chi connectivity index (χ0n) is 9.45. The summed E-state index contributed by atoms with van der Waals surface area (Å²) in [6, 6.07) is 11.8. The summed E-state index contributed by atoms with van der Waals surface area (Å²) in [7, 11) is 0. The standard InChI is InChI=1S/C14H10NO3/c16-10-13(11-4-2-1-3-5-11)18-14(17)12-6-8-15-9-7-12/h1-9,13H. The lowest BCUT2D eigenvalue weighted by Gasteiger charge is -2.11. The van der Waals surface area contributed by atoms with Gasteiger partial charge in [-0.05, 0) is 12.1 Å². The molecule has 4 heteroatoms. The van der Waals surface area contributed by atoms with Crippen molar-refractivity contribution in [3.63, 3.8) is 0 Å². The monoisotopic (exact) mass is 240 g/mol. The third kappa shape index (κ3) is 2.79. The minimum atomic E-state index is -1.01. The van der Waals surface area contributed by atoms with Gasteiger partial charge < -0.3 is 4.74 Å². The Hall–Kier alpha value is -2.49. The molecule has 2 aromatic rings. The van der Waals surface area contributed by atoms with Gasteiger partial charge in [0.2, 0.25) is 6.29 Å². The van der Waals surface area contributed by atoms with Crippen molar-refractivity contribution in [2.24, 2.45) is 0 Å². The number of carbonyl (C=O) groups is 1. The van der Waals surface area contributed by atoms with Gasteiger partial charge in [0.1, 0.15) is 0 Å². The van der Waals surface area contributed by atoms with Gasteiger partial charge in [-0.25, -0.2) is 4.79 Å². The fourth-order valence-corrected chi connectivity index (χ4v) is 1.45. The van der Waals surface area contributed by atoms with Crippen LogP contribution in [-0.4, -0.2) is 17.2 Å². The van der Waals surface area contributed by atoms with E-state index >= 15 is 0 Å². The fraction of sp³-hybridized carbons (Fsp3) is 0.0714. The average Bonchev–Trinajstić information content (AvgIpc) is 2.46. The number of hydrogen-bond donors (Lipinski definition) is 0. The highest BCUT2D eigenvalue weighted by Gasteiger charge is 2.17. The normalized spacial score (nSPS) is 11.6. The molecule has 0 fully saturated rings. The van der Waals surface area contributed by atoms with E-state index < -0.39 is 12.1 Å². The van der Waals surface area contributed by atoms with Crippen molar-refractivity contribution < 1.29 is 14.3 Å². The van der Waals surface area contributed by atoms with Gasteiger partial charge in [0, 0.05) is 18.0 Å². The molecule has 4 nitrogen and oxygen atoms in total. The van der Waals surface area contributed by atoms with E-state index in [1.807, 2.05) is 6.07 Å². The predicted molar refractivity (Wildman–Crippen MR) is 64.5 cm³/mol. The van der Waals surface area contributed by atoms with Crippen LogP contribution in [0.2, 0.25) is 0 Å². The van der Waals surface area contributed by atoms with Crippen LogP contribution in [0.4, 0.5) is 0 Å². The molecule has 0 aliphatic rings. The van der Waals surface area contributed by atoms with E-state index in [0.29, 0.717) is 11.1 Å². The van der Waals surface area contributed by atoms with Gasteiger partial charge in [0.15, 0.2) is 6.10 Å². The van der Waals surface area contributed by atoms with Crippen LogP contribution < -0.4 is 0 Å². The summed E-state index contributed by atoms with van der Waals surface area (Å²) in [6.07, 6.45) is 3.67. The van der Waals surface area contributed by atoms with Crippen molar-refractivity contribution in [3.8, 4) is 0 Å². The SMILES string of the molecule is O=[C]C(OC(=O)c1ccncc1)c1ccccc1. The van der Waals surface area contributed by atoms with E-state index in [4.69, 9.17) is 4.74 Å². The maximum absolute atomic E-state index is 11.8. The molecule has 1 unspecified atom stereocenters. The second-order valence-corrected chi connectivity index (χ2v) is 3.55. The number of carbonyl (C=O) groups excluding carboxylic acids is 2. The Labute approximate surface area is 104 Å². The minimum Gasteiger partial charge on any atom is -0.445 e. The fourth-order valence-electron chi connectivity index (χ4n) is 1.45. The van der Waals surface area contributed by atoms with Crippen molar-refractivity contribution in [1.82, 2.24) is 4.98 Å². The smallest absolute Gasteiger partial charge is 0.339 e. The van der Waals surface area contributed by atoms with Crippen molar-refractivity contribution in [2.75, 3.05) is 0 Å². The summed E-state index contributed by atoms with van der Waals surface area (Å²) in [5.74, 6) is -0.574. The maximum Gasteiger partial charge on any atom is 0.339 e. The molecule has 18 heavy (non-hydrogen) atoms. The molecule has 0 amide bonds. The highest BCUT2D eigenvalue weighted by atomic mass is 16.5. The number of hydrogen-bond acceptors (Lipinski definition) is 4. The predicted octanol–water partition coefficient (Wildman–Crippen LogP) is 2.09. The number of benzene rings is 1. The molecule has 0 saturated carbocycles. The summed E-state index contributed by atoms with van der Waals surface area (Å²) < 4.78 is 5.08. The quantitative estimate of drug-likeness (QED) is 0.768. The molecule has 1 radical (unpaired) electrons. The Kier molecular flexibility index (Phi) is 3.81. The highest BCUT2D eigenvalue weighted by Crippen LogP contribution is 2.16. The topological polar surface area (TPSA) is 56.3 Å². The first-order valence-corrected chi connectivity index (χ1v) is 5.35. The summed E-state index contributed by atoms with van der Waals surface area (Å²) in [5.41, 5.74) is 0.941. The van der Waals surface area contributed by atoms with Gasteiger partial charge in [-0.2, -0.15) is 0 Å². The highest BCUT2D eigenvalue weighted by molar-refractivity contribution is 5.90. The van der Waals surface area contributed by atoms with Crippen LogP contribution in [0.1, 0.15) is 22.0 Å². The lowest BCUT2D eigenvalue weighted by Crippen LogP contribution is -2.12. The Morgan fingerprint density at radius 1 is 1.11 bits per heavy atom. The first-order chi connectivity index (χ1) is 8.81. The van der Waals surface area contributed by atoms with E-state index in [1.165, 1.54) is 24.5 Å². The zero-order valence-corrected chi connectivity index (χ0v) is 9.45. The first-order valence-electron chi connectivity index (χ1n) is 5.35. The molecule has 0 spiro atoms. The van der Waals surface area contributed by atoms with Crippen molar-refractivity contribution in [3.05, 3.63) is 66.0 Å². The van der Waals surface area contributed by atoms with Crippen LogP contribution in [0.3, 0.4) is 0 Å². The second-order valence-electron chi connectivity index (χ2n) is 3.55. The third-order valence-electron chi connectivity index (χ3n) is 2.35. The third-order valence-corrected chi connectivity index (χ3v) is 2.35. The number of nitrogens with zero attached hydrogens (tertiary/aromatic N) is 1. The van der Waals surface area contributed by atoms with Crippen molar-refractivity contribution in [2.45, 2.75) is 6.10 Å². The van der Waals surface area contributed by atoms with Gasteiger partial charge >= 0.3 is 5.97 Å². The van der Waals surface area contributed by atoms with E-state index in [0.717, 1.165) is 0 Å². The van der Waals surface area contributed by atoms with Crippen LogP contribution in [-0.2, 0) is 9.53 Å². The van der Waals surface area contributed by atoms with E-state index in [2.05, 4.69) is 4.98 Å². The molecule has 89 valence electrons. The molecule has 0 N–H and O–H groups in total. The van der Waals surface area contributed by atoms with Gasteiger partial charge in [-0.3, -0.25) is 9.78 Å². The van der Waals surface area contributed by atoms with Gasteiger partial charge in [-0.15, -0.1) is 0 Å². The lowest BCUT2D eigenvalue weighted by molar-refractivity contribution is 0.0418. The molecule has 1 atom stereocenters. The maximum atomic E-state index is 11.8. The summed E-state index contributed by atoms with van der Waals surface area (Å²) in [6.45, 7) is 0. The van der Waals surface area contributed by atoms with Crippen LogP contribution in [0.25, 0.3) is 0 Å². The summed E-state index contributed by atoms with van der Waals surface area (Å²) in [4.78, 5) is 26.4. The number of ether oxygens (including phenoxy) is 1. The van der Waals surface area contributed by atoms with Gasteiger partial charge in [0.25, 0.3) is 0 Å². The molecule has 2 rings (SSSR count). The Balaban J connectivity index is 2.13. The first kappa shape index (κ1) is 12.0. The van der Waals surface area contributed by atoms with Crippen LogP contribution >= 0.6 is 0 Å².